The number of carbonyl (C=O) groups excluding carboxylic acids is 1. The van der Waals surface area contributed by atoms with Gasteiger partial charge in [0.15, 0.2) is 0 Å². The Morgan fingerprint density at radius 1 is 1.48 bits per heavy atom. The maximum atomic E-state index is 12.5. The number of hydrogen-bond donors (Lipinski definition) is 1. The van der Waals surface area contributed by atoms with Crippen LogP contribution in [0.15, 0.2) is 31.0 Å². The highest BCUT2D eigenvalue weighted by atomic mass is 19.4. The summed E-state index contributed by atoms with van der Waals surface area (Å²) in [5.74, 6) is 0.330. The number of hydrogen-bond acceptors (Lipinski definition) is 3. The molecule has 2 rings (SSSR count). The maximum absolute atomic E-state index is 12.5. The van der Waals surface area contributed by atoms with Crippen molar-refractivity contribution in [1.29, 1.82) is 0 Å². The van der Waals surface area contributed by atoms with Crippen molar-refractivity contribution in [2.24, 2.45) is 5.92 Å². The maximum Gasteiger partial charge on any atom is 0.433 e. The lowest BCUT2D eigenvalue weighted by molar-refractivity contribution is -0.141. The number of amides is 1. The molecule has 1 saturated heterocycles. The molecule has 7 heteroatoms. The molecular formula is C16H20F3N3O. The van der Waals surface area contributed by atoms with Crippen LogP contribution >= 0.6 is 0 Å². The molecule has 1 N–H and O–H groups in total. The van der Waals surface area contributed by atoms with Gasteiger partial charge >= 0.3 is 6.18 Å². The number of halogens is 3. The van der Waals surface area contributed by atoms with E-state index in [0.717, 1.165) is 31.1 Å². The zero-order valence-electron chi connectivity index (χ0n) is 12.8. The Bertz CT molecular complexity index is 542. The standard InChI is InChI=1S/C16H20F3N3O/c1-2-3-15(23)21-9-13-6-7-22(11-13)10-12-4-5-14(20-8-12)16(17,18)19/h2,4-5,8,13H,1,3,6-7,9-11H2,(H,21,23)/t13-/m0/s1. The van der Waals surface area contributed by atoms with Crippen molar-refractivity contribution in [3.8, 4) is 0 Å². The molecule has 1 atom stereocenters. The van der Waals surface area contributed by atoms with Crippen LogP contribution in [0.25, 0.3) is 0 Å². The van der Waals surface area contributed by atoms with E-state index in [-0.39, 0.29) is 5.91 Å². The van der Waals surface area contributed by atoms with E-state index < -0.39 is 11.9 Å². The predicted molar refractivity (Wildman–Crippen MR) is 80.4 cm³/mol. The summed E-state index contributed by atoms with van der Waals surface area (Å²) < 4.78 is 37.4. The lowest BCUT2D eigenvalue weighted by atomic mass is 10.1. The molecule has 2 heterocycles. The van der Waals surface area contributed by atoms with Gasteiger partial charge in [0, 0.05) is 32.3 Å². The topological polar surface area (TPSA) is 45.2 Å². The molecular weight excluding hydrogens is 307 g/mol. The van der Waals surface area contributed by atoms with Crippen LogP contribution in [-0.2, 0) is 17.5 Å². The van der Waals surface area contributed by atoms with Gasteiger partial charge in [0.2, 0.25) is 5.91 Å². The lowest BCUT2D eigenvalue weighted by Crippen LogP contribution is -2.30. The molecule has 4 nitrogen and oxygen atoms in total. The van der Waals surface area contributed by atoms with Gasteiger partial charge in [0.25, 0.3) is 0 Å². The molecule has 126 valence electrons. The second-order valence-corrected chi connectivity index (χ2v) is 5.74. The van der Waals surface area contributed by atoms with E-state index in [1.54, 1.807) is 6.08 Å². The van der Waals surface area contributed by atoms with E-state index in [1.807, 2.05) is 0 Å². The molecule has 1 fully saturated rings. The number of alkyl halides is 3. The van der Waals surface area contributed by atoms with Crippen molar-refractivity contribution in [2.75, 3.05) is 19.6 Å². The fourth-order valence-corrected chi connectivity index (χ4v) is 2.63. The van der Waals surface area contributed by atoms with E-state index in [4.69, 9.17) is 0 Å². The number of rotatable bonds is 6. The first-order valence-electron chi connectivity index (χ1n) is 7.50. The lowest BCUT2D eigenvalue weighted by Gasteiger charge is -2.16. The molecule has 0 aliphatic carbocycles. The Labute approximate surface area is 133 Å². The number of pyridine rings is 1. The summed E-state index contributed by atoms with van der Waals surface area (Å²) in [4.78, 5) is 17.0. The summed E-state index contributed by atoms with van der Waals surface area (Å²) >= 11 is 0. The van der Waals surface area contributed by atoms with Gasteiger partial charge < -0.3 is 5.32 Å². The molecule has 1 aliphatic rings. The summed E-state index contributed by atoms with van der Waals surface area (Å²) in [6.07, 6.45) is -0.285. The third kappa shape index (κ3) is 5.35. The van der Waals surface area contributed by atoms with Crippen molar-refractivity contribution in [2.45, 2.75) is 25.6 Å². The van der Waals surface area contributed by atoms with Crippen molar-refractivity contribution < 1.29 is 18.0 Å². The van der Waals surface area contributed by atoms with E-state index in [0.29, 0.717) is 25.4 Å². The van der Waals surface area contributed by atoms with E-state index >= 15 is 0 Å². The largest absolute Gasteiger partial charge is 0.433 e. The smallest absolute Gasteiger partial charge is 0.356 e. The van der Waals surface area contributed by atoms with Crippen molar-refractivity contribution >= 4 is 5.91 Å². The highest BCUT2D eigenvalue weighted by molar-refractivity contribution is 5.77. The molecule has 23 heavy (non-hydrogen) atoms. The zero-order valence-corrected chi connectivity index (χ0v) is 12.8. The second kappa shape index (κ2) is 7.59. The third-order valence-electron chi connectivity index (χ3n) is 3.81. The molecule has 0 radical (unpaired) electrons. The van der Waals surface area contributed by atoms with Crippen molar-refractivity contribution in [1.82, 2.24) is 15.2 Å². The molecule has 0 unspecified atom stereocenters. The van der Waals surface area contributed by atoms with Gasteiger partial charge in [-0.2, -0.15) is 13.2 Å². The highest BCUT2D eigenvalue weighted by Gasteiger charge is 2.32. The highest BCUT2D eigenvalue weighted by Crippen LogP contribution is 2.27. The quantitative estimate of drug-likeness (QED) is 0.817. The third-order valence-corrected chi connectivity index (χ3v) is 3.81. The molecule has 1 aromatic rings. The Morgan fingerprint density at radius 2 is 2.26 bits per heavy atom. The van der Waals surface area contributed by atoms with E-state index in [2.05, 4.69) is 21.8 Å². The average Bonchev–Trinajstić information content (AvgIpc) is 2.93. The minimum atomic E-state index is -4.40. The minimum absolute atomic E-state index is 0.0367. The van der Waals surface area contributed by atoms with Crippen molar-refractivity contribution in [3.63, 3.8) is 0 Å². The van der Waals surface area contributed by atoms with Gasteiger partial charge in [-0.15, -0.1) is 6.58 Å². The predicted octanol–water partition coefficient (Wildman–Crippen LogP) is 2.61. The monoisotopic (exact) mass is 327 g/mol. The Balaban J connectivity index is 1.79. The normalized spacial score (nSPS) is 18.8. The van der Waals surface area contributed by atoms with Crippen LogP contribution in [0.4, 0.5) is 13.2 Å². The van der Waals surface area contributed by atoms with Gasteiger partial charge in [-0.25, -0.2) is 0 Å². The first kappa shape index (κ1) is 17.5. The van der Waals surface area contributed by atoms with Crippen LogP contribution in [0.1, 0.15) is 24.1 Å². The molecule has 1 aromatic heterocycles. The van der Waals surface area contributed by atoms with Crippen molar-refractivity contribution in [3.05, 3.63) is 42.2 Å². The first-order valence-corrected chi connectivity index (χ1v) is 7.50. The minimum Gasteiger partial charge on any atom is -0.356 e. The SMILES string of the molecule is C=CCC(=O)NC[C@@H]1CCN(Cc2ccc(C(F)(F)F)nc2)C1. The summed E-state index contributed by atoms with van der Waals surface area (Å²) in [5.41, 5.74) is -0.111. The van der Waals surface area contributed by atoms with Gasteiger partial charge in [-0.05, 0) is 30.5 Å². The average molecular weight is 327 g/mol. The van der Waals surface area contributed by atoms with Crippen LogP contribution in [0.5, 0.6) is 0 Å². The van der Waals surface area contributed by atoms with Gasteiger partial charge in [-0.3, -0.25) is 14.7 Å². The van der Waals surface area contributed by atoms with Crippen LogP contribution < -0.4 is 5.32 Å². The van der Waals surface area contributed by atoms with E-state index in [1.165, 1.54) is 12.3 Å². The number of nitrogens with one attached hydrogen (secondary N) is 1. The molecule has 0 aromatic carbocycles. The molecule has 0 bridgehead atoms. The number of nitrogens with zero attached hydrogens (tertiary/aromatic N) is 2. The zero-order chi connectivity index (χ0) is 16.9. The second-order valence-electron chi connectivity index (χ2n) is 5.74. The Morgan fingerprint density at radius 3 is 2.87 bits per heavy atom. The summed E-state index contributed by atoms with van der Waals surface area (Å²) in [6, 6.07) is 2.48. The van der Waals surface area contributed by atoms with Crippen LogP contribution in [0.2, 0.25) is 0 Å². The summed E-state index contributed by atoms with van der Waals surface area (Å²) in [6.45, 7) is 6.39. The molecule has 1 amide bonds. The molecule has 0 spiro atoms. The summed E-state index contributed by atoms with van der Waals surface area (Å²) in [7, 11) is 0. The van der Waals surface area contributed by atoms with Crippen LogP contribution in [0.3, 0.4) is 0 Å². The van der Waals surface area contributed by atoms with E-state index in [9.17, 15) is 18.0 Å². The van der Waals surface area contributed by atoms with Gasteiger partial charge in [0.1, 0.15) is 5.69 Å². The van der Waals surface area contributed by atoms with Crippen LogP contribution in [0, 0.1) is 5.92 Å². The Hall–Kier alpha value is -1.89. The fourth-order valence-electron chi connectivity index (χ4n) is 2.63. The Kier molecular flexibility index (Phi) is 5.76. The van der Waals surface area contributed by atoms with Crippen LogP contribution in [-0.4, -0.2) is 35.4 Å². The molecule has 0 saturated carbocycles. The fraction of sp³-hybridized carbons (Fsp3) is 0.500. The first-order chi connectivity index (χ1) is 10.9. The van der Waals surface area contributed by atoms with Gasteiger partial charge in [0.05, 0.1) is 0 Å². The van der Waals surface area contributed by atoms with Gasteiger partial charge in [-0.1, -0.05) is 12.1 Å². The number of carbonyl (C=O) groups is 1. The number of likely N-dealkylation sites (tertiary alicyclic amines) is 1. The molecule has 1 aliphatic heterocycles. The summed E-state index contributed by atoms with van der Waals surface area (Å²) in [5, 5.41) is 2.86. The number of aromatic nitrogens is 1.